The summed E-state index contributed by atoms with van der Waals surface area (Å²) in [6, 6.07) is -0.329. The van der Waals surface area contributed by atoms with Crippen LogP contribution in [0.5, 0.6) is 0 Å². The number of hydrogen-bond donors (Lipinski definition) is 2. The van der Waals surface area contributed by atoms with Crippen LogP contribution in [0.1, 0.15) is 12.8 Å². The van der Waals surface area contributed by atoms with Crippen molar-refractivity contribution in [2.45, 2.75) is 31.2 Å². The molecular formula is C5H10FNO. The van der Waals surface area contributed by atoms with Gasteiger partial charge in [0.2, 0.25) is 0 Å². The van der Waals surface area contributed by atoms with Crippen molar-refractivity contribution in [1.29, 1.82) is 0 Å². The van der Waals surface area contributed by atoms with Gasteiger partial charge in [-0.3, -0.25) is 0 Å². The molecule has 3 N–H and O–H groups in total. The highest BCUT2D eigenvalue weighted by Gasteiger charge is 2.29. The largest absolute Gasteiger partial charge is 0.391 e. The Labute approximate surface area is 47.5 Å². The second-order valence-electron chi connectivity index (χ2n) is 2.30. The third-order valence-corrected chi connectivity index (χ3v) is 1.52. The third-order valence-electron chi connectivity index (χ3n) is 1.52. The van der Waals surface area contributed by atoms with Crippen LogP contribution < -0.4 is 5.73 Å². The SMILES string of the molecule is N[C@H]1C[C@H](F)C[C@@H]1O. The van der Waals surface area contributed by atoms with Crippen LogP contribution in [0.4, 0.5) is 4.39 Å². The summed E-state index contributed by atoms with van der Waals surface area (Å²) in [6.07, 6.45) is -0.938. The molecule has 3 atom stereocenters. The third kappa shape index (κ3) is 0.980. The fourth-order valence-corrected chi connectivity index (χ4v) is 0.985. The maximum Gasteiger partial charge on any atom is 0.104 e. The minimum atomic E-state index is -0.875. The molecule has 0 amide bonds. The monoisotopic (exact) mass is 119 g/mol. The zero-order valence-electron chi connectivity index (χ0n) is 4.55. The lowest BCUT2D eigenvalue weighted by atomic mass is 10.2. The highest BCUT2D eigenvalue weighted by molar-refractivity contribution is 4.85. The second kappa shape index (κ2) is 1.99. The minimum Gasteiger partial charge on any atom is -0.391 e. The lowest BCUT2D eigenvalue weighted by Crippen LogP contribution is -2.28. The molecule has 1 aliphatic carbocycles. The number of alkyl halides is 1. The van der Waals surface area contributed by atoms with E-state index < -0.39 is 12.3 Å². The second-order valence-corrected chi connectivity index (χ2v) is 2.30. The van der Waals surface area contributed by atoms with E-state index in [1.807, 2.05) is 0 Å². The summed E-state index contributed by atoms with van der Waals surface area (Å²) in [4.78, 5) is 0. The number of halogens is 1. The van der Waals surface area contributed by atoms with Crippen LogP contribution in [0, 0.1) is 0 Å². The molecule has 3 heteroatoms. The summed E-state index contributed by atoms with van der Waals surface area (Å²) in [5.74, 6) is 0. The number of rotatable bonds is 0. The van der Waals surface area contributed by atoms with Crippen molar-refractivity contribution in [3.05, 3.63) is 0 Å². The zero-order valence-corrected chi connectivity index (χ0v) is 4.55. The lowest BCUT2D eigenvalue weighted by Gasteiger charge is -2.03. The van der Waals surface area contributed by atoms with Gasteiger partial charge in [0.05, 0.1) is 6.10 Å². The molecule has 1 aliphatic rings. The van der Waals surface area contributed by atoms with Crippen molar-refractivity contribution >= 4 is 0 Å². The average Bonchev–Trinajstić information content (AvgIpc) is 1.85. The Kier molecular flexibility index (Phi) is 1.49. The molecule has 0 radical (unpaired) electrons. The highest BCUT2D eigenvalue weighted by atomic mass is 19.1. The van der Waals surface area contributed by atoms with E-state index in [1.54, 1.807) is 0 Å². The van der Waals surface area contributed by atoms with Gasteiger partial charge in [0.25, 0.3) is 0 Å². The summed E-state index contributed by atoms with van der Waals surface area (Å²) >= 11 is 0. The van der Waals surface area contributed by atoms with E-state index in [4.69, 9.17) is 10.8 Å². The van der Waals surface area contributed by atoms with E-state index in [9.17, 15) is 4.39 Å². The summed E-state index contributed by atoms with van der Waals surface area (Å²) in [6.45, 7) is 0. The van der Waals surface area contributed by atoms with Crippen LogP contribution in [0.25, 0.3) is 0 Å². The number of aliphatic hydroxyl groups is 1. The Morgan fingerprint density at radius 2 is 2.12 bits per heavy atom. The molecule has 0 unspecified atom stereocenters. The molecule has 0 aromatic heterocycles. The van der Waals surface area contributed by atoms with Gasteiger partial charge >= 0.3 is 0 Å². The summed E-state index contributed by atoms with van der Waals surface area (Å²) < 4.78 is 12.2. The molecular weight excluding hydrogens is 109 g/mol. The molecule has 8 heavy (non-hydrogen) atoms. The number of nitrogens with two attached hydrogens (primary N) is 1. The smallest absolute Gasteiger partial charge is 0.104 e. The molecule has 0 heterocycles. The van der Waals surface area contributed by atoms with Crippen molar-refractivity contribution in [1.82, 2.24) is 0 Å². The topological polar surface area (TPSA) is 46.2 Å². The zero-order chi connectivity index (χ0) is 6.15. The molecule has 0 saturated heterocycles. The molecule has 0 spiro atoms. The van der Waals surface area contributed by atoms with Crippen LogP contribution in [0.15, 0.2) is 0 Å². The van der Waals surface area contributed by atoms with Gasteiger partial charge in [-0.1, -0.05) is 0 Å². The molecule has 0 aliphatic heterocycles. The summed E-state index contributed by atoms with van der Waals surface area (Å²) in [5.41, 5.74) is 5.28. The molecule has 48 valence electrons. The standard InChI is InChI=1S/C5H10FNO/c6-3-1-4(7)5(8)2-3/h3-5,8H,1-2,7H2/t3-,4-,5-/m0/s1. The fraction of sp³-hybridized carbons (Fsp3) is 1.00. The van der Waals surface area contributed by atoms with Gasteiger partial charge in [0.15, 0.2) is 0 Å². The van der Waals surface area contributed by atoms with Gasteiger partial charge in [-0.2, -0.15) is 0 Å². The van der Waals surface area contributed by atoms with E-state index in [2.05, 4.69) is 0 Å². The number of hydrogen-bond acceptors (Lipinski definition) is 2. The van der Waals surface area contributed by atoms with Gasteiger partial charge in [-0.05, 0) is 6.42 Å². The van der Waals surface area contributed by atoms with Gasteiger partial charge in [-0.15, -0.1) is 0 Å². The Morgan fingerprint density at radius 3 is 2.25 bits per heavy atom. The quantitative estimate of drug-likeness (QED) is 0.464. The highest BCUT2D eigenvalue weighted by Crippen LogP contribution is 2.20. The van der Waals surface area contributed by atoms with Crippen molar-refractivity contribution in [2.24, 2.45) is 5.73 Å². The van der Waals surface area contributed by atoms with Crippen LogP contribution in [0.3, 0.4) is 0 Å². The lowest BCUT2D eigenvalue weighted by molar-refractivity contribution is 0.157. The maximum atomic E-state index is 12.2. The molecule has 1 fully saturated rings. The maximum absolute atomic E-state index is 12.2. The van der Waals surface area contributed by atoms with E-state index in [-0.39, 0.29) is 12.5 Å². The van der Waals surface area contributed by atoms with Gasteiger partial charge in [0, 0.05) is 12.5 Å². The first-order valence-corrected chi connectivity index (χ1v) is 2.78. The van der Waals surface area contributed by atoms with E-state index >= 15 is 0 Å². The Hall–Kier alpha value is -0.150. The van der Waals surface area contributed by atoms with Gasteiger partial charge in [0.1, 0.15) is 6.17 Å². The van der Waals surface area contributed by atoms with Crippen LogP contribution >= 0.6 is 0 Å². The number of aliphatic hydroxyl groups excluding tert-OH is 1. The van der Waals surface area contributed by atoms with Crippen molar-refractivity contribution in [3.8, 4) is 0 Å². The Morgan fingerprint density at radius 1 is 1.50 bits per heavy atom. The van der Waals surface area contributed by atoms with Crippen molar-refractivity contribution in [3.63, 3.8) is 0 Å². The first kappa shape index (κ1) is 5.98. The molecule has 1 rings (SSSR count). The summed E-state index contributed by atoms with van der Waals surface area (Å²) in [5, 5.41) is 8.80. The predicted octanol–water partition coefficient (Wildman–Crippen LogP) is -0.194. The molecule has 2 nitrogen and oxygen atoms in total. The van der Waals surface area contributed by atoms with Crippen molar-refractivity contribution in [2.75, 3.05) is 0 Å². The molecule has 0 bridgehead atoms. The fourth-order valence-electron chi connectivity index (χ4n) is 0.985. The summed E-state index contributed by atoms with van der Waals surface area (Å²) in [7, 11) is 0. The van der Waals surface area contributed by atoms with Crippen molar-refractivity contribution < 1.29 is 9.50 Å². The minimum absolute atomic E-state index is 0.223. The molecule has 0 aromatic carbocycles. The average molecular weight is 119 g/mol. The Balaban J connectivity index is 2.39. The molecule has 0 aromatic rings. The van der Waals surface area contributed by atoms with Crippen LogP contribution in [-0.2, 0) is 0 Å². The van der Waals surface area contributed by atoms with E-state index in [1.165, 1.54) is 0 Å². The van der Waals surface area contributed by atoms with Crippen LogP contribution in [0.2, 0.25) is 0 Å². The Bertz CT molecular complexity index is 78.5. The van der Waals surface area contributed by atoms with Crippen LogP contribution in [-0.4, -0.2) is 23.4 Å². The van der Waals surface area contributed by atoms with E-state index in [0.717, 1.165) is 0 Å². The van der Waals surface area contributed by atoms with Gasteiger partial charge in [-0.25, -0.2) is 4.39 Å². The van der Waals surface area contributed by atoms with Gasteiger partial charge < -0.3 is 10.8 Å². The first-order valence-electron chi connectivity index (χ1n) is 2.78. The van der Waals surface area contributed by atoms with E-state index in [0.29, 0.717) is 6.42 Å². The molecule has 1 saturated carbocycles. The first-order chi connectivity index (χ1) is 3.70. The predicted molar refractivity (Wildman–Crippen MR) is 28.1 cm³/mol. The normalized spacial score (nSPS) is 47.6.